The van der Waals surface area contributed by atoms with Crippen molar-refractivity contribution < 1.29 is 27.7 Å². The van der Waals surface area contributed by atoms with E-state index in [-0.39, 0.29) is 0 Å². The van der Waals surface area contributed by atoms with Crippen molar-refractivity contribution >= 4 is 0 Å². The van der Waals surface area contributed by atoms with E-state index in [4.69, 9.17) is 15.7 Å². The van der Waals surface area contributed by atoms with Gasteiger partial charge in [-0.3, -0.25) is 0 Å². The predicted octanol–water partition coefficient (Wildman–Crippen LogP) is 2.06. The van der Waals surface area contributed by atoms with Crippen LogP contribution in [0.5, 0.6) is 0 Å². The molecule has 0 radical (unpaired) electrons. The molecule has 3 N–H and O–H groups in total. The molecule has 0 aliphatic carbocycles. The van der Waals surface area contributed by atoms with Crippen molar-refractivity contribution in [3.8, 4) is 0 Å². The zero-order valence-electron chi connectivity index (χ0n) is 12.9. The summed E-state index contributed by atoms with van der Waals surface area (Å²) >= 11 is -3.05. The summed E-state index contributed by atoms with van der Waals surface area (Å²) < 4.78 is 17.5. The Morgan fingerprint density at radius 2 is 1.37 bits per heavy atom. The fourth-order valence-corrected chi connectivity index (χ4v) is 5.61. The van der Waals surface area contributed by atoms with E-state index >= 15 is 0 Å². The van der Waals surface area contributed by atoms with Gasteiger partial charge in [0.1, 0.15) is 0 Å². The van der Waals surface area contributed by atoms with Crippen molar-refractivity contribution in [2.75, 3.05) is 37.8 Å². The fraction of sp³-hybridized carbons (Fsp3) is 1.00. The second-order valence-electron chi connectivity index (χ2n) is 4.36. The number of unbranched alkanes of at least 4 members (excludes halogenated alkanes) is 3. The average Bonchev–Trinajstić information content (AvgIpc) is 2.39. The SMILES string of the molecule is CC[O][Ti]([CH2]NCCCCCCN)([O]CC)[O]CC. The average molecular weight is 312 g/mol. The minimum absolute atomic E-state index is 0.651. The summed E-state index contributed by atoms with van der Waals surface area (Å²) in [7, 11) is 0. The van der Waals surface area contributed by atoms with Gasteiger partial charge in [-0.1, -0.05) is 0 Å². The molecule has 0 unspecified atom stereocenters. The number of nitrogens with two attached hydrogens (primary N) is 1. The molecule has 0 atom stereocenters. The second-order valence-corrected chi connectivity index (χ2v) is 8.40. The van der Waals surface area contributed by atoms with Crippen LogP contribution >= 0.6 is 0 Å². The Kier molecular flexibility index (Phi) is 13.9. The first-order valence-corrected chi connectivity index (χ1v) is 10.6. The van der Waals surface area contributed by atoms with Gasteiger partial charge in [0.25, 0.3) is 0 Å². The molecular weight excluding hydrogens is 280 g/mol. The Morgan fingerprint density at radius 1 is 0.842 bits per heavy atom. The van der Waals surface area contributed by atoms with Crippen molar-refractivity contribution in [2.45, 2.75) is 46.5 Å². The summed E-state index contributed by atoms with van der Waals surface area (Å²) in [6.07, 6.45) is 4.73. The minimum atomic E-state index is -3.05. The third kappa shape index (κ3) is 9.96. The molecule has 0 aromatic heterocycles. The molecule has 0 aromatic carbocycles. The summed E-state index contributed by atoms with van der Waals surface area (Å²) in [6.45, 7) is 9.71. The van der Waals surface area contributed by atoms with Gasteiger partial charge >= 0.3 is 123 Å². The summed E-state index contributed by atoms with van der Waals surface area (Å²) in [5.41, 5.74) is 5.47. The van der Waals surface area contributed by atoms with E-state index in [1.54, 1.807) is 0 Å². The molecule has 0 amide bonds. The molecule has 0 spiro atoms. The first-order valence-electron chi connectivity index (χ1n) is 7.57. The Bertz CT molecular complexity index is 180. The summed E-state index contributed by atoms with van der Waals surface area (Å²) in [6, 6.07) is 0. The number of rotatable bonds is 14. The van der Waals surface area contributed by atoms with Gasteiger partial charge in [0, 0.05) is 0 Å². The third-order valence-electron chi connectivity index (χ3n) is 2.74. The molecule has 0 bridgehead atoms. The van der Waals surface area contributed by atoms with Crippen LogP contribution in [-0.2, 0) is 27.7 Å². The topological polar surface area (TPSA) is 65.7 Å². The van der Waals surface area contributed by atoms with Crippen LogP contribution in [0, 0.1) is 0 Å². The van der Waals surface area contributed by atoms with Crippen LogP contribution in [0.25, 0.3) is 0 Å². The monoisotopic (exact) mass is 312 g/mol. The summed E-state index contributed by atoms with van der Waals surface area (Å²) in [5, 5.41) is 3.43. The van der Waals surface area contributed by atoms with Crippen LogP contribution in [-0.4, -0.2) is 37.8 Å². The van der Waals surface area contributed by atoms with E-state index in [9.17, 15) is 0 Å². The maximum atomic E-state index is 5.82. The van der Waals surface area contributed by atoms with E-state index in [1.807, 2.05) is 20.8 Å². The first-order chi connectivity index (χ1) is 9.24. The van der Waals surface area contributed by atoms with E-state index < -0.39 is 17.8 Å². The molecule has 0 saturated heterocycles. The normalized spacial score (nSPS) is 12.0. The molecule has 0 fully saturated rings. The number of nitrogens with one attached hydrogen (secondary N) is 1. The molecule has 19 heavy (non-hydrogen) atoms. The Hall–Kier alpha value is 0.514. The van der Waals surface area contributed by atoms with Crippen LogP contribution in [0.2, 0.25) is 0 Å². The molecule has 0 aliphatic rings. The van der Waals surface area contributed by atoms with Crippen LogP contribution in [0.3, 0.4) is 0 Å². The molecule has 0 saturated carbocycles. The van der Waals surface area contributed by atoms with E-state index in [0.29, 0.717) is 19.8 Å². The first kappa shape index (κ1) is 19.5. The van der Waals surface area contributed by atoms with Crippen molar-refractivity contribution in [1.82, 2.24) is 5.32 Å². The van der Waals surface area contributed by atoms with Gasteiger partial charge in [0.2, 0.25) is 0 Å². The van der Waals surface area contributed by atoms with Gasteiger partial charge in [-0.25, -0.2) is 0 Å². The van der Waals surface area contributed by atoms with Gasteiger partial charge in [-0.2, -0.15) is 0 Å². The standard InChI is InChI=1S/C7H17N2.3C2H5O.Ti/c1-9-7-5-3-2-4-6-8;3*1-2-3;/h9H,1-8H2;3*2H2,1H3;/q;3*-1;+3. The van der Waals surface area contributed by atoms with Crippen LogP contribution in [0.4, 0.5) is 0 Å². The number of hydrogen-bond acceptors (Lipinski definition) is 5. The van der Waals surface area contributed by atoms with E-state index in [0.717, 1.165) is 24.4 Å². The van der Waals surface area contributed by atoms with Gasteiger partial charge in [0.15, 0.2) is 0 Å². The summed E-state index contributed by atoms with van der Waals surface area (Å²) in [5.74, 6) is 0. The Balaban J connectivity index is 3.89. The van der Waals surface area contributed by atoms with Crippen LogP contribution < -0.4 is 11.1 Å². The zero-order chi connectivity index (χ0) is 14.4. The second kappa shape index (κ2) is 13.5. The molecule has 0 rings (SSSR count). The van der Waals surface area contributed by atoms with Crippen molar-refractivity contribution in [3.05, 3.63) is 0 Å². The molecule has 6 heteroatoms. The van der Waals surface area contributed by atoms with Crippen molar-refractivity contribution in [3.63, 3.8) is 0 Å². The van der Waals surface area contributed by atoms with Gasteiger partial charge in [0.05, 0.1) is 0 Å². The molecule has 116 valence electrons. The molecule has 5 nitrogen and oxygen atoms in total. The fourth-order valence-electron chi connectivity index (χ4n) is 1.93. The quantitative estimate of drug-likeness (QED) is 0.380. The van der Waals surface area contributed by atoms with E-state index in [1.165, 1.54) is 19.3 Å². The molecule has 0 heterocycles. The van der Waals surface area contributed by atoms with Crippen LogP contribution in [0.15, 0.2) is 0 Å². The van der Waals surface area contributed by atoms with Crippen molar-refractivity contribution in [2.24, 2.45) is 5.73 Å². The van der Waals surface area contributed by atoms with Gasteiger partial charge < -0.3 is 0 Å². The van der Waals surface area contributed by atoms with Gasteiger partial charge in [-0.15, -0.1) is 0 Å². The third-order valence-corrected chi connectivity index (χ3v) is 7.22. The maximum absolute atomic E-state index is 5.82. The predicted molar refractivity (Wildman–Crippen MR) is 75.3 cm³/mol. The summed E-state index contributed by atoms with van der Waals surface area (Å²) in [4.78, 5) is 0.742. The molecule has 0 aliphatic heterocycles. The molecular formula is C13H32N2O3Ti. The van der Waals surface area contributed by atoms with Gasteiger partial charge in [-0.05, 0) is 0 Å². The van der Waals surface area contributed by atoms with Crippen LogP contribution in [0.1, 0.15) is 46.5 Å². The molecule has 0 aromatic rings. The van der Waals surface area contributed by atoms with E-state index in [2.05, 4.69) is 5.32 Å². The van der Waals surface area contributed by atoms with Crippen molar-refractivity contribution in [1.29, 1.82) is 0 Å². The Labute approximate surface area is 123 Å². The Morgan fingerprint density at radius 3 is 1.84 bits per heavy atom. The number of hydrogen-bond donors (Lipinski definition) is 2. The zero-order valence-corrected chi connectivity index (χ0v) is 14.4.